The molecule has 0 saturated carbocycles. The summed E-state index contributed by atoms with van der Waals surface area (Å²) in [6.07, 6.45) is 3.04. The van der Waals surface area contributed by atoms with Crippen molar-refractivity contribution in [2.24, 2.45) is 0 Å². The van der Waals surface area contributed by atoms with Crippen LogP contribution < -0.4 is 16.4 Å². The zero-order chi connectivity index (χ0) is 9.40. The van der Waals surface area contributed by atoms with Gasteiger partial charge in [0, 0.05) is 7.05 Å². The van der Waals surface area contributed by atoms with Crippen LogP contribution in [-0.4, -0.2) is 32.6 Å². The fourth-order valence-electron chi connectivity index (χ4n) is 1.11. The second kappa shape index (κ2) is 7.06. The molecule has 0 unspecified atom stereocenters. The van der Waals surface area contributed by atoms with Gasteiger partial charge in [0.05, 0.1) is 12.6 Å². The van der Waals surface area contributed by atoms with Gasteiger partial charge in [-0.1, -0.05) is 0 Å². The summed E-state index contributed by atoms with van der Waals surface area (Å²) < 4.78 is 0. The molecular formula is C8H20N3O+. The first kappa shape index (κ1) is 11.4. The van der Waals surface area contributed by atoms with Crippen LogP contribution in [0.4, 0.5) is 0 Å². The van der Waals surface area contributed by atoms with Crippen LogP contribution in [0.1, 0.15) is 19.3 Å². The standard InChI is InChI=1S/C8H19N3O/c1-10-7(8(12)11-2)5-3-4-6-9/h7,10H,3-6,9H2,1-2H3,(H,11,12)/p+1/t7-/m0/s1. The maximum absolute atomic E-state index is 11.1. The molecule has 0 aromatic carbocycles. The molecule has 0 bridgehead atoms. The Kier molecular flexibility index (Phi) is 6.70. The molecule has 72 valence electrons. The van der Waals surface area contributed by atoms with Gasteiger partial charge in [-0.25, -0.2) is 0 Å². The summed E-state index contributed by atoms with van der Waals surface area (Å²) in [4.78, 5) is 11.1. The van der Waals surface area contributed by atoms with Gasteiger partial charge < -0.3 is 16.4 Å². The lowest BCUT2D eigenvalue weighted by Gasteiger charge is -2.13. The SMILES string of the molecule is CNC(=O)[C@H](CCCC[NH3+])NC. The summed E-state index contributed by atoms with van der Waals surface area (Å²) in [5.74, 6) is 0.0709. The number of carbonyl (C=O) groups excluding carboxylic acids is 1. The van der Waals surface area contributed by atoms with Crippen molar-refractivity contribution in [1.29, 1.82) is 0 Å². The minimum atomic E-state index is -0.0402. The van der Waals surface area contributed by atoms with Crippen molar-refractivity contribution in [1.82, 2.24) is 10.6 Å². The van der Waals surface area contributed by atoms with Gasteiger partial charge in [0.25, 0.3) is 0 Å². The monoisotopic (exact) mass is 174 g/mol. The predicted molar refractivity (Wildman–Crippen MR) is 48.5 cm³/mol. The molecule has 0 aromatic heterocycles. The number of rotatable bonds is 6. The predicted octanol–water partition coefficient (Wildman–Crippen LogP) is -1.27. The van der Waals surface area contributed by atoms with E-state index in [1.165, 1.54) is 0 Å². The summed E-state index contributed by atoms with van der Waals surface area (Å²) in [5.41, 5.74) is 3.75. The third-order valence-corrected chi connectivity index (χ3v) is 1.90. The normalized spacial score (nSPS) is 12.6. The lowest BCUT2D eigenvalue weighted by molar-refractivity contribution is -0.368. The zero-order valence-electron chi connectivity index (χ0n) is 8.02. The Morgan fingerprint density at radius 2 is 2.08 bits per heavy atom. The van der Waals surface area contributed by atoms with Gasteiger partial charge in [0.1, 0.15) is 0 Å². The highest BCUT2D eigenvalue weighted by Crippen LogP contribution is 1.99. The van der Waals surface area contributed by atoms with E-state index in [4.69, 9.17) is 0 Å². The Morgan fingerprint density at radius 1 is 1.42 bits per heavy atom. The first-order chi connectivity index (χ1) is 5.76. The summed E-state index contributed by atoms with van der Waals surface area (Å²) in [6, 6.07) is -0.0402. The fraction of sp³-hybridized carbons (Fsp3) is 0.875. The van der Waals surface area contributed by atoms with Crippen molar-refractivity contribution in [2.75, 3.05) is 20.6 Å². The minimum absolute atomic E-state index is 0.0402. The summed E-state index contributed by atoms with van der Waals surface area (Å²) in [7, 11) is 3.47. The second-order valence-electron chi connectivity index (χ2n) is 2.80. The molecule has 0 aromatic rings. The molecule has 0 fully saturated rings. The largest absolute Gasteiger partial charge is 0.358 e. The molecule has 4 heteroatoms. The number of unbranched alkanes of at least 4 members (excludes halogenated alkanes) is 1. The Labute approximate surface area is 73.9 Å². The number of hydrogen-bond acceptors (Lipinski definition) is 2. The highest BCUT2D eigenvalue weighted by molar-refractivity contribution is 5.81. The van der Waals surface area contributed by atoms with Crippen molar-refractivity contribution in [3.05, 3.63) is 0 Å². The number of quaternary nitrogens is 1. The van der Waals surface area contributed by atoms with Gasteiger partial charge in [0.2, 0.25) is 5.91 Å². The Bertz CT molecular complexity index is 127. The van der Waals surface area contributed by atoms with E-state index in [9.17, 15) is 4.79 Å². The second-order valence-corrected chi connectivity index (χ2v) is 2.80. The highest BCUT2D eigenvalue weighted by Gasteiger charge is 2.13. The number of nitrogens with one attached hydrogen (secondary N) is 2. The third kappa shape index (κ3) is 4.31. The molecule has 12 heavy (non-hydrogen) atoms. The van der Waals surface area contributed by atoms with Gasteiger partial charge in [-0.2, -0.15) is 0 Å². The lowest BCUT2D eigenvalue weighted by Crippen LogP contribution is -2.50. The molecule has 0 saturated heterocycles. The van der Waals surface area contributed by atoms with Gasteiger partial charge in [0.15, 0.2) is 0 Å². The van der Waals surface area contributed by atoms with E-state index in [0.717, 1.165) is 25.8 Å². The van der Waals surface area contributed by atoms with Crippen molar-refractivity contribution in [2.45, 2.75) is 25.3 Å². The van der Waals surface area contributed by atoms with Crippen LogP contribution >= 0.6 is 0 Å². The zero-order valence-corrected chi connectivity index (χ0v) is 8.02. The maximum Gasteiger partial charge on any atom is 0.236 e. The van der Waals surface area contributed by atoms with Crippen LogP contribution in [0.2, 0.25) is 0 Å². The van der Waals surface area contributed by atoms with Gasteiger partial charge in [-0.3, -0.25) is 4.79 Å². The van der Waals surface area contributed by atoms with Crippen LogP contribution in [0.3, 0.4) is 0 Å². The molecule has 0 rings (SSSR count). The van der Waals surface area contributed by atoms with Crippen molar-refractivity contribution in [3.63, 3.8) is 0 Å². The van der Waals surface area contributed by atoms with E-state index < -0.39 is 0 Å². The van der Waals surface area contributed by atoms with E-state index in [-0.39, 0.29) is 11.9 Å². The first-order valence-electron chi connectivity index (χ1n) is 4.44. The van der Waals surface area contributed by atoms with E-state index in [1.54, 1.807) is 7.05 Å². The molecular weight excluding hydrogens is 154 g/mol. The lowest BCUT2D eigenvalue weighted by atomic mass is 10.1. The fourth-order valence-corrected chi connectivity index (χ4v) is 1.11. The van der Waals surface area contributed by atoms with Crippen molar-refractivity contribution in [3.8, 4) is 0 Å². The molecule has 1 amide bonds. The van der Waals surface area contributed by atoms with Crippen LogP contribution in [0, 0.1) is 0 Å². The quantitative estimate of drug-likeness (QED) is 0.440. The van der Waals surface area contributed by atoms with Gasteiger partial charge in [-0.15, -0.1) is 0 Å². The number of likely N-dealkylation sites (N-methyl/N-ethyl adjacent to an activating group) is 2. The summed E-state index contributed by atoms with van der Waals surface area (Å²) >= 11 is 0. The molecule has 5 N–H and O–H groups in total. The molecule has 1 atom stereocenters. The van der Waals surface area contributed by atoms with Crippen LogP contribution in [0.25, 0.3) is 0 Å². The average Bonchev–Trinajstić information content (AvgIpc) is 2.11. The van der Waals surface area contributed by atoms with Crippen molar-refractivity contribution < 1.29 is 10.5 Å². The molecule has 0 heterocycles. The average molecular weight is 174 g/mol. The maximum atomic E-state index is 11.1. The van der Waals surface area contributed by atoms with E-state index in [2.05, 4.69) is 16.4 Å². The number of amides is 1. The first-order valence-corrected chi connectivity index (χ1v) is 4.44. The number of carbonyl (C=O) groups is 1. The van der Waals surface area contributed by atoms with E-state index in [1.807, 2.05) is 7.05 Å². The molecule has 0 aliphatic heterocycles. The third-order valence-electron chi connectivity index (χ3n) is 1.90. The van der Waals surface area contributed by atoms with Crippen LogP contribution in [0.15, 0.2) is 0 Å². The molecule has 0 radical (unpaired) electrons. The number of hydrogen-bond donors (Lipinski definition) is 3. The molecule has 4 nitrogen and oxygen atoms in total. The topological polar surface area (TPSA) is 68.8 Å². The smallest absolute Gasteiger partial charge is 0.236 e. The molecule has 0 aliphatic rings. The van der Waals surface area contributed by atoms with Gasteiger partial charge >= 0.3 is 0 Å². The summed E-state index contributed by atoms with van der Waals surface area (Å²) in [6.45, 7) is 0.949. The van der Waals surface area contributed by atoms with E-state index >= 15 is 0 Å². The Balaban J connectivity index is 3.60. The molecule has 0 aliphatic carbocycles. The van der Waals surface area contributed by atoms with Crippen molar-refractivity contribution >= 4 is 5.91 Å². The molecule has 0 spiro atoms. The minimum Gasteiger partial charge on any atom is -0.358 e. The summed E-state index contributed by atoms with van der Waals surface area (Å²) in [5, 5.41) is 5.61. The van der Waals surface area contributed by atoms with Crippen LogP contribution in [-0.2, 0) is 4.79 Å². The Morgan fingerprint density at radius 3 is 2.50 bits per heavy atom. The van der Waals surface area contributed by atoms with E-state index in [0.29, 0.717) is 0 Å². The van der Waals surface area contributed by atoms with Crippen LogP contribution in [0.5, 0.6) is 0 Å². The van der Waals surface area contributed by atoms with Gasteiger partial charge in [-0.05, 0) is 26.3 Å². The Hall–Kier alpha value is -0.610. The highest BCUT2D eigenvalue weighted by atomic mass is 16.2.